The lowest BCUT2D eigenvalue weighted by Crippen LogP contribution is -2.39. The molecule has 1 fully saturated rings. The Bertz CT molecular complexity index is 646. The van der Waals surface area contributed by atoms with Crippen LogP contribution in [0.5, 0.6) is 0 Å². The van der Waals surface area contributed by atoms with Gasteiger partial charge >= 0.3 is 0 Å². The monoisotopic (exact) mass is 302 g/mol. The van der Waals surface area contributed by atoms with E-state index >= 15 is 0 Å². The molecule has 0 saturated carbocycles. The molecule has 3 rings (SSSR count). The van der Waals surface area contributed by atoms with Gasteiger partial charge in [-0.2, -0.15) is 5.10 Å². The fraction of sp³-hybridized carbons (Fsp3) is 0.600. The van der Waals surface area contributed by atoms with Crippen molar-refractivity contribution in [3.05, 3.63) is 29.3 Å². The average molecular weight is 302 g/mol. The van der Waals surface area contributed by atoms with Gasteiger partial charge < -0.3 is 4.90 Å². The first kappa shape index (κ1) is 14.7. The number of hydrogen-bond donors (Lipinski definition) is 0. The van der Waals surface area contributed by atoms with Crippen LogP contribution in [0.3, 0.4) is 0 Å². The molecule has 1 amide bonds. The van der Waals surface area contributed by atoms with Crippen molar-refractivity contribution in [1.29, 1.82) is 0 Å². The van der Waals surface area contributed by atoms with Crippen molar-refractivity contribution < 1.29 is 4.79 Å². The predicted octanol–water partition coefficient (Wildman–Crippen LogP) is 1.18. The zero-order valence-electron chi connectivity index (χ0n) is 13.4. The minimum atomic E-state index is 0.0405. The molecule has 1 aliphatic rings. The smallest absolute Gasteiger partial charge is 0.274 e. The number of nitrogens with zero attached hydrogens (tertiary/aromatic N) is 6. The highest BCUT2D eigenvalue weighted by Crippen LogP contribution is 2.20. The van der Waals surface area contributed by atoms with Crippen LogP contribution < -0.4 is 0 Å². The number of aromatic nitrogens is 5. The van der Waals surface area contributed by atoms with Crippen LogP contribution in [0.15, 0.2) is 12.3 Å². The van der Waals surface area contributed by atoms with Gasteiger partial charge in [-0.15, -0.1) is 5.10 Å². The molecule has 2 aromatic rings. The molecule has 1 aliphatic heterocycles. The summed E-state index contributed by atoms with van der Waals surface area (Å²) in [5, 5.41) is 12.4. The van der Waals surface area contributed by atoms with E-state index in [0.29, 0.717) is 11.6 Å². The Hall–Kier alpha value is -2.18. The number of hydrogen-bond acceptors (Lipinski definition) is 4. The van der Waals surface area contributed by atoms with E-state index in [-0.39, 0.29) is 5.91 Å². The molecule has 7 nitrogen and oxygen atoms in total. The molecule has 7 heteroatoms. The second-order valence-corrected chi connectivity index (χ2v) is 6.11. The van der Waals surface area contributed by atoms with Crippen LogP contribution >= 0.6 is 0 Å². The summed E-state index contributed by atoms with van der Waals surface area (Å²) in [5.41, 5.74) is 2.49. The van der Waals surface area contributed by atoms with Gasteiger partial charge in [0, 0.05) is 38.6 Å². The van der Waals surface area contributed by atoms with Gasteiger partial charge in [0.1, 0.15) is 0 Å². The first-order chi connectivity index (χ1) is 10.5. The van der Waals surface area contributed by atoms with Crippen LogP contribution in [0.4, 0.5) is 0 Å². The van der Waals surface area contributed by atoms with E-state index in [2.05, 4.69) is 15.4 Å². The number of piperidine rings is 1. The molecular formula is C15H22N6O. The van der Waals surface area contributed by atoms with Crippen molar-refractivity contribution in [1.82, 2.24) is 29.7 Å². The Balaban J connectivity index is 1.56. The number of amides is 1. The minimum Gasteiger partial charge on any atom is -0.337 e. The van der Waals surface area contributed by atoms with Crippen molar-refractivity contribution in [2.75, 3.05) is 13.1 Å². The predicted molar refractivity (Wildman–Crippen MR) is 81.3 cm³/mol. The highest BCUT2D eigenvalue weighted by molar-refractivity contribution is 5.92. The van der Waals surface area contributed by atoms with E-state index in [1.807, 2.05) is 42.7 Å². The summed E-state index contributed by atoms with van der Waals surface area (Å²) in [4.78, 5) is 14.4. The summed E-state index contributed by atoms with van der Waals surface area (Å²) in [5.74, 6) is 0.592. The molecule has 118 valence electrons. The minimum absolute atomic E-state index is 0.0405. The molecule has 22 heavy (non-hydrogen) atoms. The number of likely N-dealkylation sites (tertiary alicyclic amines) is 1. The van der Waals surface area contributed by atoms with Gasteiger partial charge in [-0.1, -0.05) is 5.21 Å². The van der Waals surface area contributed by atoms with Crippen molar-refractivity contribution in [2.24, 2.45) is 13.0 Å². The van der Waals surface area contributed by atoms with Crippen LogP contribution in [0.2, 0.25) is 0 Å². The van der Waals surface area contributed by atoms with E-state index in [1.54, 1.807) is 4.68 Å². The summed E-state index contributed by atoms with van der Waals surface area (Å²) in [6.45, 7) is 6.35. The highest BCUT2D eigenvalue weighted by Gasteiger charge is 2.25. The largest absolute Gasteiger partial charge is 0.337 e. The Morgan fingerprint density at radius 1 is 1.32 bits per heavy atom. The van der Waals surface area contributed by atoms with Gasteiger partial charge in [0.05, 0.1) is 5.69 Å². The number of rotatable bonds is 3. The molecule has 0 N–H and O–H groups in total. The van der Waals surface area contributed by atoms with E-state index < -0.39 is 0 Å². The lowest BCUT2D eigenvalue weighted by Gasteiger charge is -2.31. The molecule has 0 bridgehead atoms. The van der Waals surface area contributed by atoms with Gasteiger partial charge in [0.15, 0.2) is 5.69 Å². The summed E-state index contributed by atoms with van der Waals surface area (Å²) >= 11 is 0. The van der Waals surface area contributed by atoms with Crippen molar-refractivity contribution in [2.45, 2.75) is 33.2 Å². The Labute approximate surface area is 129 Å². The molecule has 0 aromatic carbocycles. The van der Waals surface area contributed by atoms with Crippen LogP contribution in [-0.4, -0.2) is 48.7 Å². The number of carbonyl (C=O) groups excluding carboxylic acids is 1. The molecule has 1 saturated heterocycles. The van der Waals surface area contributed by atoms with Gasteiger partial charge in [0.25, 0.3) is 5.91 Å². The van der Waals surface area contributed by atoms with Gasteiger partial charge in [-0.05, 0) is 38.7 Å². The van der Waals surface area contributed by atoms with Crippen molar-refractivity contribution >= 4 is 5.91 Å². The van der Waals surface area contributed by atoms with Crippen LogP contribution in [0.25, 0.3) is 0 Å². The molecular weight excluding hydrogens is 280 g/mol. The zero-order chi connectivity index (χ0) is 15.7. The standard InChI is InChI=1S/C15H22N6O/c1-11-9-21(18-16-11)10-13-4-6-20(7-5-13)15(22)14-8-12(2)19(3)17-14/h8-9,13H,4-7,10H2,1-3H3. The molecule has 0 atom stereocenters. The lowest BCUT2D eigenvalue weighted by molar-refractivity contribution is 0.0674. The Morgan fingerprint density at radius 3 is 2.59 bits per heavy atom. The second-order valence-electron chi connectivity index (χ2n) is 6.11. The summed E-state index contributed by atoms with van der Waals surface area (Å²) < 4.78 is 3.65. The third-order valence-electron chi connectivity index (χ3n) is 4.33. The van der Waals surface area contributed by atoms with Gasteiger partial charge in [-0.25, -0.2) is 0 Å². The van der Waals surface area contributed by atoms with E-state index in [0.717, 1.165) is 43.9 Å². The van der Waals surface area contributed by atoms with Crippen LogP contribution in [0, 0.1) is 19.8 Å². The number of carbonyl (C=O) groups is 1. The summed E-state index contributed by atoms with van der Waals surface area (Å²) in [7, 11) is 1.86. The third kappa shape index (κ3) is 3.03. The summed E-state index contributed by atoms with van der Waals surface area (Å²) in [6, 6.07) is 1.85. The molecule has 0 radical (unpaired) electrons. The van der Waals surface area contributed by atoms with Crippen LogP contribution in [0.1, 0.15) is 34.7 Å². The molecule has 3 heterocycles. The molecule has 0 aliphatic carbocycles. The first-order valence-corrected chi connectivity index (χ1v) is 7.69. The Kier molecular flexibility index (Phi) is 3.96. The highest BCUT2D eigenvalue weighted by atomic mass is 16.2. The normalized spacial score (nSPS) is 16.2. The fourth-order valence-electron chi connectivity index (χ4n) is 2.89. The average Bonchev–Trinajstić information content (AvgIpc) is 3.05. The van der Waals surface area contributed by atoms with Gasteiger partial charge in [-0.3, -0.25) is 14.2 Å². The van der Waals surface area contributed by atoms with Crippen molar-refractivity contribution in [3.8, 4) is 0 Å². The van der Waals surface area contributed by atoms with Gasteiger partial charge in [0.2, 0.25) is 0 Å². The summed E-state index contributed by atoms with van der Waals surface area (Å²) in [6.07, 6.45) is 3.96. The maximum absolute atomic E-state index is 12.5. The Morgan fingerprint density at radius 2 is 2.05 bits per heavy atom. The molecule has 2 aromatic heterocycles. The second kappa shape index (κ2) is 5.90. The van der Waals surface area contributed by atoms with Crippen molar-refractivity contribution in [3.63, 3.8) is 0 Å². The number of aryl methyl sites for hydroxylation is 3. The van der Waals surface area contributed by atoms with E-state index in [4.69, 9.17) is 0 Å². The SMILES string of the molecule is Cc1cn(CC2CCN(C(=O)c3cc(C)n(C)n3)CC2)nn1. The quantitative estimate of drug-likeness (QED) is 0.854. The first-order valence-electron chi connectivity index (χ1n) is 7.69. The molecule has 0 spiro atoms. The maximum atomic E-state index is 12.5. The molecule has 0 unspecified atom stereocenters. The van der Waals surface area contributed by atoms with Crippen LogP contribution in [-0.2, 0) is 13.6 Å². The maximum Gasteiger partial charge on any atom is 0.274 e. The van der Waals surface area contributed by atoms with E-state index in [9.17, 15) is 4.79 Å². The zero-order valence-corrected chi connectivity index (χ0v) is 13.4. The topological polar surface area (TPSA) is 68.8 Å². The van der Waals surface area contributed by atoms with E-state index in [1.165, 1.54) is 0 Å². The lowest BCUT2D eigenvalue weighted by atomic mass is 9.96. The fourth-order valence-corrected chi connectivity index (χ4v) is 2.89. The third-order valence-corrected chi connectivity index (χ3v) is 4.33.